The van der Waals surface area contributed by atoms with E-state index in [0.29, 0.717) is 18.0 Å². The number of benzene rings is 1. The standard InChI is InChI=1S/C17H20N2O3/c1-22-16-7-4-13(17(20)21)10-19(16)15-6-3-11-8-14(18)5-2-12(11)9-15/h3-4,6-7,9,14H,2,5,8,10,18H2,1H3,(H,20,21)/t14-/m0/s1. The number of fused-ring (bicyclic) bond motifs is 1. The van der Waals surface area contributed by atoms with Crippen LogP contribution in [0.15, 0.2) is 41.8 Å². The first-order valence-corrected chi connectivity index (χ1v) is 7.41. The zero-order valence-electron chi connectivity index (χ0n) is 12.6. The van der Waals surface area contributed by atoms with Crippen molar-refractivity contribution < 1.29 is 14.6 Å². The SMILES string of the molecule is COC1=CC=C(C(=O)O)CN1c1ccc2c(c1)CC[C@H](N)C2. The van der Waals surface area contributed by atoms with Gasteiger partial charge in [0.2, 0.25) is 0 Å². The van der Waals surface area contributed by atoms with Crippen molar-refractivity contribution in [2.75, 3.05) is 18.6 Å². The molecule has 1 atom stereocenters. The van der Waals surface area contributed by atoms with E-state index in [1.165, 1.54) is 11.1 Å². The van der Waals surface area contributed by atoms with Gasteiger partial charge >= 0.3 is 5.97 Å². The molecular weight excluding hydrogens is 280 g/mol. The molecule has 0 aromatic heterocycles. The molecule has 22 heavy (non-hydrogen) atoms. The first-order chi connectivity index (χ1) is 10.6. The number of rotatable bonds is 3. The molecule has 0 bridgehead atoms. The highest BCUT2D eigenvalue weighted by atomic mass is 16.5. The summed E-state index contributed by atoms with van der Waals surface area (Å²) in [5, 5.41) is 9.20. The fraction of sp³-hybridized carbons (Fsp3) is 0.353. The summed E-state index contributed by atoms with van der Waals surface area (Å²) in [6, 6.07) is 6.47. The predicted octanol–water partition coefficient (Wildman–Crippen LogP) is 1.82. The van der Waals surface area contributed by atoms with Gasteiger partial charge in [0.1, 0.15) is 0 Å². The van der Waals surface area contributed by atoms with Gasteiger partial charge in [-0.1, -0.05) is 6.07 Å². The molecule has 1 aliphatic heterocycles. The lowest BCUT2D eigenvalue weighted by Crippen LogP contribution is -2.31. The fourth-order valence-corrected chi connectivity index (χ4v) is 3.04. The Bertz CT molecular complexity index is 664. The van der Waals surface area contributed by atoms with Gasteiger partial charge in [0, 0.05) is 11.7 Å². The zero-order chi connectivity index (χ0) is 15.7. The fourth-order valence-electron chi connectivity index (χ4n) is 3.04. The highest BCUT2D eigenvalue weighted by molar-refractivity contribution is 5.89. The Morgan fingerprint density at radius 2 is 2.18 bits per heavy atom. The van der Waals surface area contributed by atoms with Crippen LogP contribution in [0.25, 0.3) is 0 Å². The number of aliphatic carboxylic acids is 1. The maximum atomic E-state index is 11.2. The second kappa shape index (κ2) is 5.85. The lowest BCUT2D eigenvalue weighted by molar-refractivity contribution is -0.132. The molecule has 1 aromatic rings. The van der Waals surface area contributed by atoms with E-state index < -0.39 is 5.97 Å². The van der Waals surface area contributed by atoms with E-state index in [1.54, 1.807) is 19.3 Å². The van der Waals surface area contributed by atoms with Gasteiger partial charge in [0.05, 0.1) is 19.2 Å². The summed E-state index contributed by atoms with van der Waals surface area (Å²) in [5.74, 6) is -0.252. The second-order valence-electron chi connectivity index (χ2n) is 5.75. The van der Waals surface area contributed by atoms with Crippen molar-refractivity contribution in [3.63, 3.8) is 0 Å². The molecule has 1 aliphatic carbocycles. The Morgan fingerprint density at radius 1 is 1.36 bits per heavy atom. The van der Waals surface area contributed by atoms with E-state index in [-0.39, 0.29) is 6.04 Å². The highest BCUT2D eigenvalue weighted by Gasteiger charge is 2.23. The Morgan fingerprint density at radius 3 is 2.91 bits per heavy atom. The third-order valence-corrected chi connectivity index (χ3v) is 4.27. The first kappa shape index (κ1) is 14.7. The molecule has 2 aliphatic rings. The number of carbonyl (C=O) groups is 1. The van der Waals surface area contributed by atoms with Crippen molar-refractivity contribution in [1.82, 2.24) is 0 Å². The number of methoxy groups -OCH3 is 1. The van der Waals surface area contributed by atoms with Crippen LogP contribution in [0.1, 0.15) is 17.5 Å². The number of ether oxygens (including phenoxy) is 1. The van der Waals surface area contributed by atoms with Crippen molar-refractivity contribution in [3.8, 4) is 0 Å². The van der Waals surface area contributed by atoms with Crippen molar-refractivity contribution in [1.29, 1.82) is 0 Å². The molecule has 0 saturated carbocycles. The quantitative estimate of drug-likeness (QED) is 0.890. The van der Waals surface area contributed by atoms with Crippen LogP contribution in [-0.4, -0.2) is 30.8 Å². The molecule has 3 rings (SSSR count). The summed E-state index contributed by atoms with van der Waals surface area (Å²) < 4.78 is 5.38. The van der Waals surface area contributed by atoms with E-state index in [9.17, 15) is 9.90 Å². The molecule has 0 amide bonds. The lowest BCUT2D eigenvalue weighted by atomic mass is 9.88. The van der Waals surface area contributed by atoms with E-state index >= 15 is 0 Å². The van der Waals surface area contributed by atoms with Crippen molar-refractivity contribution in [3.05, 3.63) is 52.9 Å². The number of carboxylic acids is 1. The van der Waals surface area contributed by atoms with Crippen LogP contribution in [0, 0.1) is 0 Å². The minimum atomic E-state index is -0.902. The Balaban J connectivity index is 1.92. The highest BCUT2D eigenvalue weighted by Crippen LogP contribution is 2.29. The number of hydrogen-bond donors (Lipinski definition) is 2. The minimum absolute atomic E-state index is 0.240. The zero-order valence-corrected chi connectivity index (χ0v) is 12.6. The average molecular weight is 300 g/mol. The first-order valence-electron chi connectivity index (χ1n) is 7.41. The van der Waals surface area contributed by atoms with Gasteiger partial charge in [-0.3, -0.25) is 0 Å². The number of nitrogens with zero attached hydrogens (tertiary/aromatic N) is 1. The van der Waals surface area contributed by atoms with Gasteiger partial charge in [-0.2, -0.15) is 0 Å². The molecule has 0 fully saturated rings. The van der Waals surface area contributed by atoms with E-state index in [1.807, 2.05) is 11.0 Å². The number of nitrogens with two attached hydrogens (primary N) is 1. The molecule has 5 nitrogen and oxygen atoms in total. The molecule has 1 heterocycles. The van der Waals surface area contributed by atoms with Gasteiger partial charge in [-0.25, -0.2) is 4.79 Å². The molecule has 3 N–H and O–H groups in total. The summed E-state index contributed by atoms with van der Waals surface area (Å²) in [6.45, 7) is 0.299. The van der Waals surface area contributed by atoms with E-state index in [2.05, 4.69) is 12.1 Å². The maximum absolute atomic E-state index is 11.2. The molecule has 0 spiro atoms. The van der Waals surface area contributed by atoms with Gasteiger partial charge in [0.25, 0.3) is 0 Å². The van der Waals surface area contributed by atoms with Crippen LogP contribution in [-0.2, 0) is 22.4 Å². The van der Waals surface area contributed by atoms with Crippen molar-refractivity contribution in [2.45, 2.75) is 25.3 Å². The van der Waals surface area contributed by atoms with E-state index in [0.717, 1.165) is 24.9 Å². The third kappa shape index (κ3) is 2.72. The Labute approximate surface area is 129 Å². The summed E-state index contributed by atoms with van der Waals surface area (Å²) in [6.07, 6.45) is 6.15. The van der Waals surface area contributed by atoms with Crippen molar-refractivity contribution >= 4 is 11.7 Å². The molecule has 116 valence electrons. The molecule has 0 saturated heterocycles. The third-order valence-electron chi connectivity index (χ3n) is 4.27. The van der Waals surface area contributed by atoms with Gasteiger partial charge in [-0.05, 0) is 54.7 Å². The molecule has 5 heteroatoms. The largest absolute Gasteiger partial charge is 0.482 e. The molecule has 1 aromatic carbocycles. The topological polar surface area (TPSA) is 75.8 Å². The number of hydrogen-bond acceptors (Lipinski definition) is 4. The van der Waals surface area contributed by atoms with Crippen LogP contribution in [0.5, 0.6) is 0 Å². The lowest BCUT2D eigenvalue weighted by Gasteiger charge is -2.30. The van der Waals surface area contributed by atoms with Crippen LogP contribution < -0.4 is 10.6 Å². The van der Waals surface area contributed by atoms with Gasteiger partial charge in [0.15, 0.2) is 5.88 Å². The van der Waals surface area contributed by atoms with Crippen LogP contribution in [0.3, 0.4) is 0 Å². The van der Waals surface area contributed by atoms with Crippen LogP contribution in [0.4, 0.5) is 5.69 Å². The molecular formula is C17H20N2O3. The maximum Gasteiger partial charge on any atom is 0.333 e. The number of aryl methyl sites for hydroxylation is 1. The number of anilines is 1. The van der Waals surface area contributed by atoms with Crippen LogP contribution >= 0.6 is 0 Å². The summed E-state index contributed by atoms with van der Waals surface area (Å²) in [4.78, 5) is 13.1. The molecule has 0 radical (unpaired) electrons. The average Bonchev–Trinajstić information content (AvgIpc) is 2.53. The summed E-state index contributed by atoms with van der Waals surface area (Å²) in [7, 11) is 1.59. The van der Waals surface area contributed by atoms with Gasteiger partial charge < -0.3 is 20.5 Å². The van der Waals surface area contributed by atoms with Gasteiger partial charge in [-0.15, -0.1) is 0 Å². The van der Waals surface area contributed by atoms with Crippen molar-refractivity contribution in [2.24, 2.45) is 5.73 Å². The normalized spacial score (nSPS) is 20.8. The monoisotopic (exact) mass is 300 g/mol. The Hall–Kier alpha value is -2.27. The summed E-state index contributed by atoms with van der Waals surface area (Å²) in [5.41, 5.74) is 9.89. The smallest absolute Gasteiger partial charge is 0.333 e. The Kier molecular flexibility index (Phi) is 3.90. The number of allylic oxidation sites excluding steroid dienone is 2. The minimum Gasteiger partial charge on any atom is -0.482 e. The number of carboxylic acid groups (broad SMARTS) is 1. The van der Waals surface area contributed by atoms with Crippen LogP contribution in [0.2, 0.25) is 0 Å². The van der Waals surface area contributed by atoms with E-state index in [4.69, 9.17) is 10.5 Å². The summed E-state index contributed by atoms with van der Waals surface area (Å²) >= 11 is 0. The molecule has 0 unspecified atom stereocenters. The predicted molar refractivity (Wildman–Crippen MR) is 84.6 cm³/mol. The second-order valence-corrected chi connectivity index (χ2v) is 5.75.